The second kappa shape index (κ2) is 11.4. The zero-order valence-corrected chi connectivity index (χ0v) is 19.8. The molecule has 3 aliphatic carbocycles. The lowest BCUT2D eigenvalue weighted by Gasteiger charge is -2.45. The quantitative estimate of drug-likeness (QED) is 0.382. The van der Waals surface area contributed by atoms with Crippen molar-refractivity contribution in [1.82, 2.24) is 0 Å². The average Bonchev–Trinajstić information content (AvgIpc) is 2.83. The first kappa shape index (κ1) is 22.7. The van der Waals surface area contributed by atoms with Crippen molar-refractivity contribution in [3.05, 3.63) is 54.6 Å². The van der Waals surface area contributed by atoms with Crippen LogP contribution in [0.15, 0.2) is 49.1 Å². The lowest BCUT2D eigenvalue weighted by molar-refractivity contribution is 0.0621. The van der Waals surface area contributed by atoms with Crippen LogP contribution >= 0.6 is 0 Å². The predicted octanol–water partition coefficient (Wildman–Crippen LogP) is 8.71. The zero-order valence-electron chi connectivity index (χ0n) is 19.8. The molecule has 1 heteroatoms. The summed E-state index contributed by atoms with van der Waals surface area (Å²) in [7, 11) is 0. The van der Waals surface area contributed by atoms with Crippen LogP contribution in [0, 0.1) is 29.6 Å². The number of ether oxygens (including phenoxy) is 1. The van der Waals surface area contributed by atoms with E-state index in [0.717, 1.165) is 41.3 Å². The Morgan fingerprint density at radius 2 is 1.48 bits per heavy atom. The fraction of sp³-hybridized carbons (Fsp3) is 0.667. The number of fused-ring (bicyclic) bond motifs is 1. The minimum absolute atomic E-state index is 0.588. The molecule has 0 aliphatic heterocycles. The van der Waals surface area contributed by atoms with E-state index in [1.54, 1.807) is 12.5 Å². The first-order valence-electron chi connectivity index (χ1n) is 13.2. The smallest absolute Gasteiger partial charge is 0.119 e. The molecule has 0 heterocycles. The monoisotopic (exact) mass is 420 g/mol. The molecule has 0 spiro atoms. The van der Waals surface area contributed by atoms with Gasteiger partial charge in [-0.25, -0.2) is 0 Å². The van der Waals surface area contributed by atoms with Crippen LogP contribution in [0.25, 0.3) is 0 Å². The van der Waals surface area contributed by atoms with Gasteiger partial charge >= 0.3 is 0 Å². The standard InChI is InChI=1S/C30H44O/c1-3-5-6-7-23-8-9-29-22-28(15-14-27(29)21-23)26-12-10-24(11-13-26)25-16-18-30(19-17-25)31-20-4-2/h3-5,16-19,23-24,26-29H,2,6-15,20-22H2,1H3/b5-3+. The summed E-state index contributed by atoms with van der Waals surface area (Å²) in [4.78, 5) is 0. The average molecular weight is 421 g/mol. The van der Waals surface area contributed by atoms with Gasteiger partial charge in [0, 0.05) is 0 Å². The molecule has 0 radical (unpaired) electrons. The Bertz CT molecular complexity index is 694. The molecule has 3 saturated carbocycles. The van der Waals surface area contributed by atoms with Gasteiger partial charge in [-0.1, -0.05) is 43.4 Å². The molecule has 1 nitrogen and oxygen atoms in total. The van der Waals surface area contributed by atoms with Crippen LogP contribution in [0.5, 0.6) is 5.75 Å². The Hall–Kier alpha value is -1.50. The Balaban J connectivity index is 1.22. The van der Waals surface area contributed by atoms with Crippen molar-refractivity contribution < 1.29 is 4.74 Å². The summed E-state index contributed by atoms with van der Waals surface area (Å²) < 4.78 is 5.65. The molecule has 170 valence electrons. The summed E-state index contributed by atoms with van der Waals surface area (Å²) in [6.07, 6.45) is 24.0. The highest BCUT2D eigenvalue weighted by Crippen LogP contribution is 2.50. The normalized spacial score (nSPS) is 33.7. The molecule has 4 rings (SSSR count). The maximum atomic E-state index is 5.65. The highest BCUT2D eigenvalue weighted by molar-refractivity contribution is 5.29. The summed E-state index contributed by atoms with van der Waals surface area (Å²) in [6, 6.07) is 8.87. The summed E-state index contributed by atoms with van der Waals surface area (Å²) in [5, 5.41) is 0. The third-order valence-corrected chi connectivity index (χ3v) is 8.90. The fourth-order valence-corrected chi connectivity index (χ4v) is 7.13. The van der Waals surface area contributed by atoms with Crippen molar-refractivity contribution >= 4 is 0 Å². The van der Waals surface area contributed by atoms with Gasteiger partial charge in [0.15, 0.2) is 0 Å². The van der Waals surface area contributed by atoms with E-state index in [1.165, 1.54) is 76.2 Å². The van der Waals surface area contributed by atoms with Crippen molar-refractivity contribution in [3.8, 4) is 5.75 Å². The largest absolute Gasteiger partial charge is 0.490 e. The third kappa shape index (κ3) is 6.05. The lowest BCUT2D eigenvalue weighted by Crippen LogP contribution is -2.34. The van der Waals surface area contributed by atoms with Gasteiger partial charge in [0.25, 0.3) is 0 Å². The summed E-state index contributed by atoms with van der Waals surface area (Å²) in [6.45, 7) is 6.47. The zero-order chi connectivity index (χ0) is 21.5. The molecule has 3 fully saturated rings. The second-order valence-electron chi connectivity index (χ2n) is 10.7. The summed E-state index contributed by atoms with van der Waals surface area (Å²) in [5.41, 5.74) is 1.52. The molecule has 0 bridgehead atoms. The third-order valence-electron chi connectivity index (χ3n) is 8.90. The molecule has 4 unspecified atom stereocenters. The van der Waals surface area contributed by atoms with E-state index in [4.69, 9.17) is 4.74 Å². The maximum Gasteiger partial charge on any atom is 0.119 e. The molecule has 3 aliphatic rings. The van der Waals surface area contributed by atoms with Crippen molar-refractivity contribution in [2.24, 2.45) is 29.6 Å². The van der Waals surface area contributed by atoms with Gasteiger partial charge in [-0.15, -0.1) is 0 Å². The first-order chi connectivity index (χ1) is 15.3. The number of hydrogen-bond acceptors (Lipinski definition) is 1. The van der Waals surface area contributed by atoms with E-state index in [9.17, 15) is 0 Å². The van der Waals surface area contributed by atoms with E-state index in [0.29, 0.717) is 6.61 Å². The Morgan fingerprint density at radius 3 is 2.19 bits per heavy atom. The molecule has 1 aromatic carbocycles. The molecule has 31 heavy (non-hydrogen) atoms. The topological polar surface area (TPSA) is 9.23 Å². The van der Waals surface area contributed by atoms with Gasteiger partial charge in [-0.3, -0.25) is 0 Å². The number of rotatable bonds is 8. The van der Waals surface area contributed by atoms with E-state index < -0.39 is 0 Å². The molecule has 0 aromatic heterocycles. The number of hydrogen-bond donors (Lipinski definition) is 0. The van der Waals surface area contributed by atoms with Gasteiger partial charge in [-0.05, 0) is 131 Å². The van der Waals surface area contributed by atoms with Crippen molar-refractivity contribution in [2.45, 2.75) is 89.9 Å². The minimum Gasteiger partial charge on any atom is -0.490 e. The SMILES string of the molecule is C=CCOc1ccc(C2CCC(C3CCC4CC(CC/C=C/C)CCC4C3)CC2)cc1. The molecular weight excluding hydrogens is 376 g/mol. The molecule has 0 saturated heterocycles. The van der Waals surface area contributed by atoms with E-state index in [-0.39, 0.29) is 0 Å². The molecular formula is C30H44O. The molecule has 1 aromatic rings. The van der Waals surface area contributed by atoms with Crippen LogP contribution in [-0.4, -0.2) is 6.61 Å². The van der Waals surface area contributed by atoms with E-state index >= 15 is 0 Å². The second-order valence-corrected chi connectivity index (χ2v) is 10.7. The molecule has 4 atom stereocenters. The highest BCUT2D eigenvalue weighted by Gasteiger charge is 2.38. The lowest BCUT2D eigenvalue weighted by atomic mass is 9.60. The van der Waals surface area contributed by atoms with E-state index in [1.807, 2.05) is 0 Å². The Morgan fingerprint density at radius 1 is 0.839 bits per heavy atom. The predicted molar refractivity (Wildman–Crippen MR) is 133 cm³/mol. The van der Waals surface area contributed by atoms with Crippen LogP contribution in [0.3, 0.4) is 0 Å². The minimum atomic E-state index is 0.588. The Kier molecular flexibility index (Phi) is 8.34. The van der Waals surface area contributed by atoms with Gasteiger partial charge in [0.1, 0.15) is 12.4 Å². The Labute approximate surface area is 191 Å². The highest BCUT2D eigenvalue weighted by atomic mass is 16.5. The maximum absolute atomic E-state index is 5.65. The van der Waals surface area contributed by atoms with Crippen LogP contribution in [0.2, 0.25) is 0 Å². The summed E-state index contributed by atoms with van der Waals surface area (Å²) in [5.74, 6) is 6.87. The van der Waals surface area contributed by atoms with Gasteiger partial charge < -0.3 is 4.74 Å². The number of allylic oxidation sites excluding steroid dienone is 2. The van der Waals surface area contributed by atoms with Crippen molar-refractivity contribution in [1.29, 1.82) is 0 Å². The molecule has 0 N–H and O–H groups in total. The van der Waals surface area contributed by atoms with Crippen molar-refractivity contribution in [3.63, 3.8) is 0 Å². The summed E-state index contributed by atoms with van der Waals surface area (Å²) >= 11 is 0. The van der Waals surface area contributed by atoms with Gasteiger partial charge in [-0.2, -0.15) is 0 Å². The molecule has 0 amide bonds. The van der Waals surface area contributed by atoms with Crippen LogP contribution in [0.4, 0.5) is 0 Å². The number of benzene rings is 1. The van der Waals surface area contributed by atoms with Gasteiger partial charge in [0.05, 0.1) is 0 Å². The first-order valence-corrected chi connectivity index (χ1v) is 13.2. The van der Waals surface area contributed by atoms with Gasteiger partial charge in [0.2, 0.25) is 0 Å². The van der Waals surface area contributed by atoms with Crippen LogP contribution in [0.1, 0.15) is 95.5 Å². The fourth-order valence-electron chi connectivity index (χ4n) is 7.13. The van der Waals surface area contributed by atoms with E-state index in [2.05, 4.69) is 49.9 Å². The van der Waals surface area contributed by atoms with Crippen molar-refractivity contribution in [2.75, 3.05) is 6.61 Å². The van der Waals surface area contributed by atoms with Crippen LogP contribution in [-0.2, 0) is 0 Å². The van der Waals surface area contributed by atoms with Crippen LogP contribution < -0.4 is 4.74 Å².